The van der Waals surface area contributed by atoms with E-state index >= 15 is 0 Å². The van der Waals surface area contributed by atoms with Gasteiger partial charge in [-0.25, -0.2) is 0 Å². The third-order valence-electron chi connectivity index (χ3n) is 7.03. The van der Waals surface area contributed by atoms with Crippen LogP contribution < -0.4 is 0 Å². The van der Waals surface area contributed by atoms with E-state index in [4.69, 9.17) is 53.5 Å². The molecule has 2 fully saturated rings. The Morgan fingerprint density at radius 2 is 0.961 bits per heavy atom. The summed E-state index contributed by atoms with van der Waals surface area (Å²) in [7, 11) is 0. The first-order chi connectivity index (χ1) is 24.5. The first kappa shape index (κ1) is 39.1. The standard InChI is InChI=1S/C33H42O18/c1-16(34)41-14-24-26(44-18(3)36)28(43-13-23-11-9-8-10-12-23)30(47-21(6)39)33(50-24)51-31-29(46-20(5)38)27(45-19(4)37)25(15-42-17(2)35)49-32(31)48-22(7)40/h8-12,24-33H,13-15H2,1-7H3/t24-,25+,26-,27-,28+,29+,30+,31+,32+,33?/m1/s1/i13D/t13?,24-,25+,26-,27-,28+,29+,30+,31+,32+,33?. The molecule has 0 aliphatic carbocycles. The van der Waals surface area contributed by atoms with Crippen LogP contribution in [-0.2, 0) is 92.3 Å². The van der Waals surface area contributed by atoms with Gasteiger partial charge >= 0.3 is 41.8 Å². The maximum atomic E-state index is 12.6. The number of benzene rings is 1. The maximum absolute atomic E-state index is 12.6. The van der Waals surface area contributed by atoms with Gasteiger partial charge in [0.1, 0.15) is 31.5 Å². The summed E-state index contributed by atoms with van der Waals surface area (Å²) in [5, 5.41) is 0. The molecule has 0 aromatic heterocycles. The monoisotopic (exact) mass is 727 g/mol. The molecule has 2 saturated heterocycles. The molecule has 282 valence electrons. The third-order valence-corrected chi connectivity index (χ3v) is 7.03. The van der Waals surface area contributed by atoms with Gasteiger partial charge in [-0.3, -0.25) is 33.6 Å². The third kappa shape index (κ3) is 12.6. The molecule has 11 atom stereocenters. The Hall–Kier alpha value is -4.65. The topological polar surface area (TPSA) is 221 Å². The molecule has 51 heavy (non-hydrogen) atoms. The second kappa shape index (κ2) is 19.1. The summed E-state index contributed by atoms with van der Waals surface area (Å²) in [6.45, 7) is 4.82. The SMILES string of the molecule is [2H]C(O[C@H]1[C@H](OC(C)=O)[C@@H](COC(C)=O)OC(O[C@@H]2[C@@H](OC(C)=O)O[C@@H](COC(C)=O)[C@@H](OC(C)=O)[C@@H]2OC(C)=O)[C@H]1OC(C)=O)c1ccccc1. The molecule has 0 amide bonds. The van der Waals surface area contributed by atoms with E-state index in [2.05, 4.69) is 0 Å². The summed E-state index contributed by atoms with van der Waals surface area (Å²) in [4.78, 5) is 85.5. The largest absolute Gasteiger partial charge is 0.463 e. The van der Waals surface area contributed by atoms with Crippen LogP contribution in [-0.4, -0.2) is 116 Å². The molecule has 2 aliphatic heterocycles. The Morgan fingerprint density at radius 3 is 1.43 bits per heavy atom. The molecule has 1 aromatic carbocycles. The highest BCUT2D eigenvalue weighted by molar-refractivity contribution is 5.69. The lowest BCUT2D eigenvalue weighted by atomic mass is 9.96. The quantitative estimate of drug-likeness (QED) is 0.191. The molecule has 0 radical (unpaired) electrons. The fourth-order valence-corrected chi connectivity index (χ4v) is 5.25. The van der Waals surface area contributed by atoms with Gasteiger partial charge in [-0.15, -0.1) is 0 Å². The minimum Gasteiger partial charge on any atom is -0.463 e. The van der Waals surface area contributed by atoms with E-state index in [1.807, 2.05) is 0 Å². The van der Waals surface area contributed by atoms with Crippen LogP contribution in [0.25, 0.3) is 0 Å². The van der Waals surface area contributed by atoms with E-state index in [0.29, 0.717) is 5.56 Å². The highest BCUT2D eigenvalue weighted by Crippen LogP contribution is 2.36. The minimum absolute atomic E-state index is 0.347. The van der Waals surface area contributed by atoms with Gasteiger partial charge in [0.05, 0.1) is 7.95 Å². The number of rotatable bonds is 14. The van der Waals surface area contributed by atoms with Crippen molar-refractivity contribution < 1.29 is 87.0 Å². The fourth-order valence-electron chi connectivity index (χ4n) is 5.25. The highest BCUT2D eigenvalue weighted by atomic mass is 16.8. The van der Waals surface area contributed by atoms with Gasteiger partial charge in [0.25, 0.3) is 0 Å². The Balaban J connectivity index is 2.18. The van der Waals surface area contributed by atoms with Crippen molar-refractivity contribution >= 4 is 41.8 Å². The van der Waals surface area contributed by atoms with Crippen LogP contribution in [0.4, 0.5) is 0 Å². The van der Waals surface area contributed by atoms with E-state index in [0.717, 1.165) is 48.5 Å². The van der Waals surface area contributed by atoms with Gasteiger partial charge in [0.15, 0.2) is 36.8 Å². The molecule has 0 spiro atoms. The van der Waals surface area contributed by atoms with Crippen LogP contribution in [0.1, 0.15) is 55.4 Å². The number of esters is 7. The predicted octanol–water partition coefficient (Wildman–Crippen LogP) is 0.823. The van der Waals surface area contributed by atoms with Crippen molar-refractivity contribution in [3.63, 3.8) is 0 Å². The Bertz CT molecular complexity index is 1440. The molecular weight excluding hydrogens is 684 g/mol. The average Bonchev–Trinajstić information content (AvgIpc) is 3.03. The van der Waals surface area contributed by atoms with Gasteiger partial charge < -0.3 is 52.1 Å². The summed E-state index contributed by atoms with van der Waals surface area (Å²) >= 11 is 0. The minimum atomic E-state index is -1.84. The predicted molar refractivity (Wildman–Crippen MR) is 164 cm³/mol. The van der Waals surface area contributed by atoms with Gasteiger partial charge in [-0.2, -0.15) is 0 Å². The molecule has 0 bridgehead atoms. The zero-order chi connectivity index (χ0) is 38.7. The van der Waals surface area contributed by atoms with Crippen LogP contribution in [0.2, 0.25) is 0 Å². The fraction of sp³-hybridized carbons (Fsp3) is 0.606. The lowest BCUT2D eigenvalue weighted by molar-refractivity contribution is -0.366. The Morgan fingerprint density at radius 1 is 0.529 bits per heavy atom. The van der Waals surface area contributed by atoms with E-state index in [1.165, 1.54) is 0 Å². The van der Waals surface area contributed by atoms with Gasteiger partial charge in [0, 0.05) is 48.5 Å². The zero-order valence-electron chi connectivity index (χ0n) is 30.0. The molecule has 0 N–H and O–H groups in total. The van der Waals surface area contributed by atoms with Gasteiger partial charge in [-0.1, -0.05) is 30.3 Å². The number of ether oxygens (including phenoxy) is 11. The Kier molecular flexibility index (Phi) is 14.7. The summed E-state index contributed by atoms with van der Waals surface area (Å²) in [5.41, 5.74) is 0.347. The molecule has 2 heterocycles. The van der Waals surface area contributed by atoms with Crippen LogP contribution in [0.3, 0.4) is 0 Å². The van der Waals surface area contributed by atoms with Crippen molar-refractivity contribution in [1.29, 1.82) is 0 Å². The molecule has 18 heteroatoms. The normalized spacial score (nSPS) is 29.6. The highest BCUT2D eigenvalue weighted by Gasteiger charge is 2.57. The van der Waals surface area contributed by atoms with E-state index < -0.39 is 123 Å². The molecule has 1 aromatic rings. The van der Waals surface area contributed by atoms with Crippen LogP contribution in [0.5, 0.6) is 0 Å². The van der Waals surface area contributed by atoms with Crippen molar-refractivity contribution in [3.8, 4) is 0 Å². The summed E-state index contributed by atoms with van der Waals surface area (Å²) in [6, 6.07) is 8.16. The van der Waals surface area contributed by atoms with Crippen molar-refractivity contribution in [3.05, 3.63) is 35.9 Å². The summed E-state index contributed by atoms with van der Waals surface area (Å²) in [6.07, 6.45) is -16.2. The van der Waals surface area contributed by atoms with E-state index in [-0.39, 0.29) is 0 Å². The number of hydrogen-bond donors (Lipinski definition) is 0. The van der Waals surface area contributed by atoms with Gasteiger partial charge in [0.2, 0.25) is 6.29 Å². The average molecular weight is 728 g/mol. The number of carbonyl (C=O) groups excluding carboxylic acids is 7. The van der Waals surface area contributed by atoms with Crippen molar-refractivity contribution in [2.75, 3.05) is 13.2 Å². The van der Waals surface area contributed by atoms with Crippen molar-refractivity contribution in [2.45, 2.75) is 116 Å². The van der Waals surface area contributed by atoms with Crippen molar-refractivity contribution in [1.82, 2.24) is 0 Å². The van der Waals surface area contributed by atoms with E-state index in [1.54, 1.807) is 30.3 Å². The smallest absolute Gasteiger partial charge is 0.305 e. The van der Waals surface area contributed by atoms with Crippen LogP contribution in [0, 0.1) is 0 Å². The molecular formula is C33H42O18. The first-order valence-electron chi connectivity index (χ1n) is 16.3. The molecule has 2 unspecified atom stereocenters. The maximum Gasteiger partial charge on any atom is 0.305 e. The molecule has 2 aliphatic rings. The second-order valence-corrected chi connectivity index (χ2v) is 11.3. The molecule has 18 nitrogen and oxygen atoms in total. The zero-order valence-corrected chi connectivity index (χ0v) is 29.0. The van der Waals surface area contributed by atoms with Crippen LogP contribution >= 0.6 is 0 Å². The first-order valence-corrected chi connectivity index (χ1v) is 15.7. The second-order valence-electron chi connectivity index (χ2n) is 11.3. The van der Waals surface area contributed by atoms with Crippen LogP contribution in [0.15, 0.2) is 30.3 Å². The number of hydrogen-bond acceptors (Lipinski definition) is 18. The summed E-state index contributed by atoms with van der Waals surface area (Å²) in [5.74, 6) is -5.96. The lowest BCUT2D eigenvalue weighted by Crippen LogP contribution is -2.67. The van der Waals surface area contributed by atoms with E-state index in [9.17, 15) is 33.6 Å². The molecule has 3 rings (SSSR count). The summed E-state index contributed by atoms with van der Waals surface area (Å²) < 4.78 is 70.8. The lowest BCUT2D eigenvalue weighted by Gasteiger charge is -2.48. The van der Waals surface area contributed by atoms with Crippen molar-refractivity contribution in [2.24, 2.45) is 0 Å². The number of carbonyl (C=O) groups is 7. The Labute approximate surface area is 294 Å². The van der Waals surface area contributed by atoms with Gasteiger partial charge in [-0.05, 0) is 5.56 Å². The molecule has 0 saturated carbocycles.